The summed E-state index contributed by atoms with van der Waals surface area (Å²) in [7, 11) is 2.14. The van der Waals surface area contributed by atoms with Crippen LogP contribution < -0.4 is 0 Å². The summed E-state index contributed by atoms with van der Waals surface area (Å²) < 4.78 is 0. The number of nitrogens with zero attached hydrogens (tertiary/aromatic N) is 2. The molecule has 1 aromatic carbocycles. The number of benzene rings is 1. The van der Waals surface area contributed by atoms with Crippen molar-refractivity contribution < 1.29 is 0 Å². The second kappa shape index (κ2) is 8.14. The first kappa shape index (κ1) is 16.8. The molecule has 0 fully saturated rings. The minimum absolute atomic E-state index is 0.313. The van der Waals surface area contributed by atoms with Crippen molar-refractivity contribution in [3.8, 4) is 0 Å². The van der Waals surface area contributed by atoms with Crippen molar-refractivity contribution >= 4 is 34.5 Å². The molecule has 1 aromatic heterocycles. The summed E-state index contributed by atoms with van der Waals surface area (Å²) in [6, 6.07) is 8.36. The molecule has 0 radical (unpaired) electrons. The summed E-state index contributed by atoms with van der Waals surface area (Å²) in [6.45, 7) is 3.21. The first-order valence-electron chi connectivity index (χ1n) is 7.05. The van der Waals surface area contributed by atoms with Gasteiger partial charge < -0.3 is 0 Å². The van der Waals surface area contributed by atoms with Crippen molar-refractivity contribution in [1.29, 1.82) is 0 Å². The van der Waals surface area contributed by atoms with Gasteiger partial charge in [-0.3, -0.25) is 4.90 Å². The molecule has 0 aliphatic rings. The standard InChI is InChI=1S/C16H20Cl2N2S/c1-12(14-6-3-4-7-15(14)18)20(2)9-5-8-16-19-13(10-17)11-21-16/h3-4,6-7,11-12H,5,8-10H2,1-2H3. The number of aromatic nitrogens is 1. The summed E-state index contributed by atoms with van der Waals surface area (Å²) in [5.74, 6) is 0.500. The van der Waals surface area contributed by atoms with Crippen molar-refractivity contribution in [1.82, 2.24) is 9.88 Å². The molecule has 0 aliphatic carbocycles. The van der Waals surface area contributed by atoms with Crippen LogP contribution in [-0.4, -0.2) is 23.5 Å². The number of thiazole rings is 1. The molecule has 0 spiro atoms. The molecular formula is C16H20Cl2N2S. The lowest BCUT2D eigenvalue weighted by Crippen LogP contribution is -2.24. The second-order valence-corrected chi connectivity index (χ2v) is 6.76. The van der Waals surface area contributed by atoms with Crippen molar-refractivity contribution in [2.24, 2.45) is 0 Å². The number of hydrogen-bond donors (Lipinski definition) is 0. The Morgan fingerprint density at radius 3 is 2.76 bits per heavy atom. The van der Waals surface area contributed by atoms with E-state index in [0.29, 0.717) is 11.9 Å². The molecule has 21 heavy (non-hydrogen) atoms. The molecule has 0 bridgehead atoms. The third-order valence-corrected chi connectivity index (χ3v) is 5.23. The van der Waals surface area contributed by atoms with Gasteiger partial charge in [-0.2, -0.15) is 0 Å². The van der Waals surface area contributed by atoms with E-state index in [1.165, 1.54) is 10.6 Å². The SMILES string of the molecule is CC(c1ccccc1Cl)N(C)CCCc1nc(CCl)cs1. The molecule has 0 amide bonds. The van der Waals surface area contributed by atoms with Gasteiger partial charge in [0.25, 0.3) is 0 Å². The highest BCUT2D eigenvalue weighted by atomic mass is 35.5. The van der Waals surface area contributed by atoms with Gasteiger partial charge in [0.05, 0.1) is 16.6 Å². The van der Waals surface area contributed by atoms with Gasteiger partial charge in [0, 0.05) is 22.9 Å². The van der Waals surface area contributed by atoms with Gasteiger partial charge in [-0.15, -0.1) is 22.9 Å². The largest absolute Gasteiger partial charge is 0.300 e. The minimum atomic E-state index is 0.313. The Labute approximate surface area is 140 Å². The molecular weight excluding hydrogens is 323 g/mol. The Morgan fingerprint density at radius 1 is 1.33 bits per heavy atom. The van der Waals surface area contributed by atoms with Gasteiger partial charge in [0.2, 0.25) is 0 Å². The summed E-state index contributed by atoms with van der Waals surface area (Å²) in [5.41, 5.74) is 2.16. The van der Waals surface area contributed by atoms with Crippen LogP contribution in [0.1, 0.15) is 35.7 Å². The smallest absolute Gasteiger partial charge is 0.0929 e. The summed E-state index contributed by atoms with van der Waals surface area (Å²) >= 11 is 13.7. The fraction of sp³-hybridized carbons (Fsp3) is 0.438. The molecule has 0 N–H and O–H groups in total. The lowest BCUT2D eigenvalue weighted by Gasteiger charge is -2.25. The average Bonchev–Trinajstić information content (AvgIpc) is 2.95. The molecule has 1 unspecified atom stereocenters. The van der Waals surface area contributed by atoms with Gasteiger partial charge in [0.1, 0.15) is 0 Å². The van der Waals surface area contributed by atoms with Gasteiger partial charge >= 0.3 is 0 Å². The van der Waals surface area contributed by atoms with Crippen LogP contribution in [0.3, 0.4) is 0 Å². The molecule has 1 heterocycles. The Balaban J connectivity index is 1.84. The van der Waals surface area contributed by atoms with Crippen molar-refractivity contribution in [2.75, 3.05) is 13.6 Å². The van der Waals surface area contributed by atoms with Crippen LogP contribution in [-0.2, 0) is 12.3 Å². The predicted molar refractivity (Wildman–Crippen MR) is 92.5 cm³/mol. The van der Waals surface area contributed by atoms with E-state index in [0.717, 1.165) is 30.1 Å². The summed E-state index contributed by atoms with van der Waals surface area (Å²) in [5, 5.41) is 4.05. The zero-order chi connectivity index (χ0) is 15.2. The van der Waals surface area contributed by atoms with Gasteiger partial charge in [-0.05, 0) is 38.6 Å². The zero-order valence-electron chi connectivity index (χ0n) is 12.4. The Kier molecular flexibility index (Phi) is 6.49. The van der Waals surface area contributed by atoms with E-state index < -0.39 is 0 Å². The zero-order valence-corrected chi connectivity index (χ0v) is 14.7. The molecule has 1 atom stereocenters. The molecule has 0 saturated carbocycles. The van der Waals surface area contributed by atoms with Crippen molar-refractivity contribution in [2.45, 2.75) is 31.7 Å². The van der Waals surface area contributed by atoms with Crippen LogP contribution in [0.15, 0.2) is 29.6 Å². The molecule has 2 nitrogen and oxygen atoms in total. The van der Waals surface area contributed by atoms with E-state index in [-0.39, 0.29) is 0 Å². The first-order valence-corrected chi connectivity index (χ1v) is 8.85. The quantitative estimate of drug-likeness (QED) is 0.646. The van der Waals surface area contributed by atoms with E-state index in [4.69, 9.17) is 23.2 Å². The monoisotopic (exact) mass is 342 g/mol. The van der Waals surface area contributed by atoms with Gasteiger partial charge in [-0.25, -0.2) is 4.98 Å². The first-order chi connectivity index (χ1) is 10.1. The lowest BCUT2D eigenvalue weighted by atomic mass is 10.1. The molecule has 0 aliphatic heterocycles. The van der Waals surface area contributed by atoms with Gasteiger partial charge in [-0.1, -0.05) is 29.8 Å². The third-order valence-electron chi connectivity index (χ3n) is 3.65. The van der Waals surface area contributed by atoms with E-state index in [1.54, 1.807) is 11.3 Å². The van der Waals surface area contributed by atoms with Crippen LogP contribution in [0.4, 0.5) is 0 Å². The number of hydrogen-bond acceptors (Lipinski definition) is 3. The Hall–Kier alpha value is -0.610. The van der Waals surface area contributed by atoms with Gasteiger partial charge in [0.15, 0.2) is 0 Å². The molecule has 0 saturated heterocycles. The summed E-state index contributed by atoms with van der Waals surface area (Å²) in [4.78, 5) is 6.82. The van der Waals surface area contributed by atoms with Crippen molar-refractivity contribution in [3.05, 3.63) is 50.9 Å². The minimum Gasteiger partial charge on any atom is -0.300 e. The fourth-order valence-electron chi connectivity index (χ4n) is 2.25. The van der Waals surface area contributed by atoms with Crippen LogP contribution in [0.5, 0.6) is 0 Å². The second-order valence-electron chi connectivity index (χ2n) is 5.15. The van der Waals surface area contributed by atoms with E-state index in [2.05, 4.69) is 29.9 Å². The van der Waals surface area contributed by atoms with E-state index in [1.807, 2.05) is 23.6 Å². The lowest BCUT2D eigenvalue weighted by molar-refractivity contribution is 0.258. The fourth-order valence-corrected chi connectivity index (χ4v) is 3.61. The van der Waals surface area contributed by atoms with Crippen LogP contribution >= 0.6 is 34.5 Å². The third kappa shape index (κ3) is 4.68. The normalized spacial score (nSPS) is 12.8. The van der Waals surface area contributed by atoms with Crippen LogP contribution in [0.25, 0.3) is 0 Å². The topological polar surface area (TPSA) is 16.1 Å². The van der Waals surface area contributed by atoms with E-state index in [9.17, 15) is 0 Å². The van der Waals surface area contributed by atoms with Crippen molar-refractivity contribution in [3.63, 3.8) is 0 Å². The molecule has 5 heteroatoms. The maximum atomic E-state index is 6.26. The Morgan fingerprint density at radius 2 is 2.10 bits per heavy atom. The number of halogens is 2. The summed E-state index contributed by atoms with van der Waals surface area (Å²) in [6.07, 6.45) is 2.08. The highest BCUT2D eigenvalue weighted by Gasteiger charge is 2.14. The number of rotatable bonds is 7. The maximum absolute atomic E-state index is 6.26. The molecule has 114 valence electrons. The molecule has 2 aromatic rings. The molecule has 2 rings (SSSR count). The van der Waals surface area contributed by atoms with E-state index >= 15 is 0 Å². The predicted octanol–water partition coefficient (Wildman–Crippen LogP) is 5.16. The maximum Gasteiger partial charge on any atom is 0.0929 e. The van der Waals surface area contributed by atoms with Crippen LogP contribution in [0.2, 0.25) is 5.02 Å². The average molecular weight is 343 g/mol. The number of aryl methyl sites for hydroxylation is 1. The Bertz CT molecular complexity index is 571. The highest BCUT2D eigenvalue weighted by molar-refractivity contribution is 7.09. The number of alkyl halides is 1. The van der Waals surface area contributed by atoms with Crippen LogP contribution in [0, 0.1) is 0 Å². The highest BCUT2D eigenvalue weighted by Crippen LogP contribution is 2.26.